The lowest BCUT2D eigenvalue weighted by Gasteiger charge is -2.10. The molecule has 0 radical (unpaired) electrons. The van der Waals surface area contributed by atoms with E-state index in [1.54, 1.807) is 0 Å². The molecule has 0 aliphatic heterocycles. The first kappa shape index (κ1) is 18.1. The molecule has 1 aliphatic rings. The van der Waals surface area contributed by atoms with Crippen LogP contribution in [0.5, 0.6) is 0 Å². The number of rotatable bonds is 14. The van der Waals surface area contributed by atoms with Gasteiger partial charge in [-0.1, -0.05) is 71.1 Å². The van der Waals surface area contributed by atoms with Gasteiger partial charge in [-0.05, 0) is 19.3 Å². The van der Waals surface area contributed by atoms with Gasteiger partial charge in [0.15, 0.2) is 6.29 Å². The maximum Gasteiger partial charge on any atom is 0.261 e. The summed E-state index contributed by atoms with van der Waals surface area (Å²) in [7, 11) is 0. The summed E-state index contributed by atoms with van der Waals surface area (Å²) in [5.74, 6) is -1.27. The highest BCUT2D eigenvalue weighted by atomic mass is 16.2. The fourth-order valence-electron chi connectivity index (χ4n) is 3.01. The van der Waals surface area contributed by atoms with Gasteiger partial charge in [-0.25, -0.2) is 0 Å². The van der Waals surface area contributed by atoms with E-state index in [0.29, 0.717) is 0 Å². The largest absolute Gasteiger partial charge is 0.294 e. The molecule has 1 saturated carbocycles. The van der Waals surface area contributed by atoms with Gasteiger partial charge in [0.25, 0.3) is 5.78 Å². The van der Waals surface area contributed by atoms with Crippen molar-refractivity contribution >= 4 is 17.9 Å². The van der Waals surface area contributed by atoms with Crippen molar-refractivity contribution in [1.29, 1.82) is 0 Å². The van der Waals surface area contributed by atoms with Crippen molar-refractivity contribution in [2.24, 2.45) is 5.41 Å². The lowest BCUT2D eigenvalue weighted by molar-refractivity contribution is -0.142. The summed E-state index contributed by atoms with van der Waals surface area (Å²) in [6, 6.07) is 0. The van der Waals surface area contributed by atoms with Gasteiger partial charge < -0.3 is 0 Å². The molecule has 1 fully saturated rings. The molecule has 0 amide bonds. The van der Waals surface area contributed by atoms with E-state index in [-0.39, 0.29) is 6.29 Å². The standard InChI is InChI=1S/C18H30O3/c1-2-3-4-5-6-7-8-9-10-11-12-18(13-14-18)17(21)16(20)15-19/h15H,2-14H2,1H3. The minimum absolute atomic E-state index is 0.168. The molecule has 0 aromatic heterocycles. The van der Waals surface area contributed by atoms with Crippen molar-refractivity contribution in [1.82, 2.24) is 0 Å². The summed E-state index contributed by atoms with van der Waals surface area (Å²) < 4.78 is 0. The average Bonchev–Trinajstić information content (AvgIpc) is 3.28. The van der Waals surface area contributed by atoms with E-state index in [2.05, 4.69) is 6.92 Å². The number of hydrogen-bond acceptors (Lipinski definition) is 3. The molecule has 1 aliphatic carbocycles. The predicted octanol–water partition coefficient (Wildman–Crippen LogP) is 4.41. The van der Waals surface area contributed by atoms with E-state index in [9.17, 15) is 14.4 Å². The molecular formula is C18H30O3. The summed E-state index contributed by atoms with van der Waals surface area (Å²) in [5, 5.41) is 0. The Hall–Kier alpha value is -0.990. The van der Waals surface area contributed by atoms with E-state index in [4.69, 9.17) is 0 Å². The van der Waals surface area contributed by atoms with E-state index >= 15 is 0 Å². The summed E-state index contributed by atoms with van der Waals surface area (Å²) in [4.78, 5) is 33.3. The molecule has 21 heavy (non-hydrogen) atoms. The smallest absolute Gasteiger partial charge is 0.261 e. The second kappa shape index (κ2) is 9.86. The second-order valence-corrected chi connectivity index (χ2v) is 6.52. The van der Waals surface area contributed by atoms with Crippen LogP contribution in [0.1, 0.15) is 90.4 Å². The van der Waals surface area contributed by atoms with Gasteiger partial charge in [0, 0.05) is 5.41 Å². The molecular weight excluding hydrogens is 264 g/mol. The van der Waals surface area contributed by atoms with Gasteiger partial charge in [-0.3, -0.25) is 14.4 Å². The van der Waals surface area contributed by atoms with Crippen LogP contribution in [-0.2, 0) is 14.4 Å². The van der Waals surface area contributed by atoms with Gasteiger partial charge in [0.05, 0.1) is 0 Å². The van der Waals surface area contributed by atoms with E-state index in [0.717, 1.165) is 32.1 Å². The Bertz CT molecular complexity index is 342. The number of hydrogen-bond donors (Lipinski definition) is 0. The average molecular weight is 294 g/mol. The van der Waals surface area contributed by atoms with Crippen LogP contribution in [0, 0.1) is 5.41 Å². The van der Waals surface area contributed by atoms with Crippen molar-refractivity contribution in [3.8, 4) is 0 Å². The molecule has 0 spiro atoms. The molecule has 120 valence electrons. The topological polar surface area (TPSA) is 51.2 Å². The van der Waals surface area contributed by atoms with Crippen molar-refractivity contribution in [2.45, 2.75) is 90.4 Å². The number of ketones is 2. The highest BCUT2D eigenvalue weighted by Gasteiger charge is 2.50. The molecule has 1 rings (SSSR count). The van der Waals surface area contributed by atoms with Gasteiger partial charge in [-0.15, -0.1) is 0 Å². The van der Waals surface area contributed by atoms with Crippen molar-refractivity contribution in [3.63, 3.8) is 0 Å². The quantitative estimate of drug-likeness (QED) is 0.206. The molecule has 0 N–H and O–H groups in total. The summed E-state index contributed by atoms with van der Waals surface area (Å²) >= 11 is 0. The minimum Gasteiger partial charge on any atom is -0.294 e. The Kier molecular flexibility index (Phi) is 8.48. The van der Waals surface area contributed by atoms with Gasteiger partial charge in [0.2, 0.25) is 5.78 Å². The Morgan fingerprint density at radius 1 is 0.857 bits per heavy atom. The normalized spacial score (nSPS) is 15.7. The highest BCUT2D eigenvalue weighted by molar-refractivity contribution is 6.59. The zero-order valence-corrected chi connectivity index (χ0v) is 13.5. The molecule has 0 unspecified atom stereocenters. The van der Waals surface area contributed by atoms with Crippen LogP contribution in [-0.4, -0.2) is 17.9 Å². The fraction of sp³-hybridized carbons (Fsp3) is 0.833. The third-order valence-corrected chi connectivity index (χ3v) is 4.67. The van der Waals surface area contributed by atoms with Crippen LogP contribution in [0.2, 0.25) is 0 Å². The Morgan fingerprint density at radius 3 is 1.76 bits per heavy atom. The molecule has 0 atom stereocenters. The Labute approximate surface area is 128 Å². The SMILES string of the molecule is CCCCCCCCCCCCC1(C(=O)C(=O)C=O)CC1. The predicted molar refractivity (Wildman–Crippen MR) is 84.2 cm³/mol. The first-order valence-electron chi connectivity index (χ1n) is 8.70. The van der Waals surface area contributed by atoms with Crippen molar-refractivity contribution in [3.05, 3.63) is 0 Å². The molecule has 3 nitrogen and oxygen atoms in total. The lowest BCUT2D eigenvalue weighted by atomic mass is 9.91. The monoisotopic (exact) mass is 294 g/mol. The number of unbranched alkanes of at least 4 members (excludes halogenated alkanes) is 9. The third-order valence-electron chi connectivity index (χ3n) is 4.67. The third kappa shape index (κ3) is 6.54. The zero-order valence-electron chi connectivity index (χ0n) is 13.5. The molecule has 0 heterocycles. The number of aldehydes is 1. The first-order chi connectivity index (χ1) is 10.2. The molecule has 0 aromatic rings. The zero-order chi connectivity index (χ0) is 15.6. The Balaban J connectivity index is 1.98. The van der Waals surface area contributed by atoms with Crippen molar-refractivity contribution in [2.75, 3.05) is 0 Å². The lowest BCUT2D eigenvalue weighted by Crippen LogP contribution is -2.26. The summed E-state index contributed by atoms with van der Waals surface area (Å²) in [6.07, 6.45) is 15.2. The van der Waals surface area contributed by atoms with Crippen LogP contribution >= 0.6 is 0 Å². The number of Topliss-reactive ketones (excluding diaryl/α,β-unsaturated/α-hetero) is 2. The molecule has 0 aromatic carbocycles. The van der Waals surface area contributed by atoms with Crippen LogP contribution in [0.25, 0.3) is 0 Å². The van der Waals surface area contributed by atoms with E-state index < -0.39 is 17.0 Å². The van der Waals surface area contributed by atoms with Crippen molar-refractivity contribution < 1.29 is 14.4 Å². The number of carbonyl (C=O) groups excluding carboxylic acids is 3. The van der Waals surface area contributed by atoms with Crippen LogP contribution < -0.4 is 0 Å². The molecule has 0 bridgehead atoms. The molecule has 0 saturated heterocycles. The Morgan fingerprint density at radius 2 is 1.33 bits per heavy atom. The van der Waals surface area contributed by atoms with Gasteiger partial charge in [0.1, 0.15) is 0 Å². The van der Waals surface area contributed by atoms with Gasteiger partial charge >= 0.3 is 0 Å². The summed E-state index contributed by atoms with van der Waals surface area (Å²) in [6.45, 7) is 2.24. The fourth-order valence-corrected chi connectivity index (χ4v) is 3.01. The first-order valence-corrected chi connectivity index (χ1v) is 8.70. The maximum atomic E-state index is 11.8. The summed E-state index contributed by atoms with van der Waals surface area (Å²) in [5.41, 5.74) is -0.446. The highest BCUT2D eigenvalue weighted by Crippen LogP contribution is 2.50. The molecule has 3 heteroatoms. The van der Waals surface area contributed by atoms with Crippen LogP contribution in [0.4, 0.5) is 0 Å². The van der Waals surface area contributed by atoms with E-state index in [1.807, 2.05) is 0 Å². The van der Waals surface area contributed by atoms with Crippen LogP contribution in [0.15, 0.2) is 0 Å². The van der Waals surface area contributed by atoms with Crippen LogP contribution in [0.3, 0.4) is 0 Å². The van der Waals surface area contributed by atoms with E-state index in [1.165, 1.54) is 51.4 Å². The second-order valence-electron chi connectivity index (χ2n) is 6.52. The maximum absolute atomic E-state index is 11.8. The minimum atomic E-state index is -0.834. The van der Waals surface area contributed by atoms with Gasteiger partial charge in [-0.2, -0.15) is 0 Å². The number of carbonyl (C=O) groups is 3.